The van der Waals surface area contributed by atoms with Crippen LogP contribution in [0.1, 0.15) is 5.56 Å². The molecule has 0 aliphatic carbocycles. The maximum atomic E-state index is 10.7. The summed E-state index contributed by atoms with van der Waals surface area (Å²) in [6.45, 7) is 0. The molecule has 0 saturated heterocycles. The van der Waals surface area contributed by atoms with Gasteiger partial charge in [0.25, 0.3) is 0 Å². The number of ether oxygens (including phenoxy) is 2. The molecule has 0 saturated carbocycles. The zero-order valence-electron chi connectivity index (χ0n) is 9.57. The Bertz CT molecular complexity index is 422. The van der Waals surface area contributed by atoms with Crippen LogP contribution in [0.2, 0.25) is 5.02 Å². The molecule has 0 radical (unpaired) electrons. The molecule has 0 heterocycles. The van der Waals surface area contributed by atoms with Crippen molar-refractivity contribution in [2.75, 3.05) is 14.2 Å². The van der Waals surface area contributed by atoms with Crippen LogP contribution in [-0.4, -0.2) is 31.3 Å². The number of hydrogen-bond acceptors (Lipinski definition) is 4. The first-order valence-electron chi connectivity index (χ1n) is 4.88. The fraction of sp³-hybridized carbons (Fsp3) is 0.364. The SMILES string of the molecule is COc1cc(OC)c(CC(N)C(=O)O)cc1Cl. The van der Waals surface area contributed by atoms with Crippen LogP contribution < -0.4 is 15.2 Å². The number of carboxylic acid groups (broad SMARTS) is 1. The van der Waals surface area contributed by atoms with Gasteiger partial charge < -0.3 is 20.3 Å². The molecular weight excluding hydrogens is 246 g/mol. The zero-order valence-corrected chi connectivity index (χ0v) is 10.3. The van der Waals surface area contributed by atoms with Gasteiger partial charge in [0.2, 0.25) is 0 Å². The van der Waals surface area contributed by atoms with Crippen LogP contribution in [0.25, 0.3) is 0 Å². The van der Waals surface area contributed by atoms with E-state index in [0.29, 0.717) is 22.1 Å². The normalized spacial score (nSPS) is 12.0. The van der Waals surface area contributed by atoms with Crippen molar-refractivity contribution in [1.82, 2.24) is 0 Å². The van der Waals surface area contributed by atoms with Crippen molar-refractivity contribution < 1.29 is 19.4 Å². The van der Waals surface area contributed by atoms with Crippen molar-refractivity contribution in [3.8, 4) is 11.5 Å². The zero-order chi connectivity index (χ0) is 13.0. The molecule has 0 amide bonds. The van der Waals surface area contributed by atoms with E-state index in [1.165, 1.54) is 14.2 Å². The molecule has 17 heavy (non-hydrogen) atoms. The molecule has 94 valence electrons. The van der Waals surface area contributed by atoms with Crippen molar-refractivity contribution >= 4 is 17.6 Å². The fourth-order valence-electron chi connectivity index (χ4n) is 1.41. The van der Waals surface area contributed by atoms with Crippen molar-refractivity contribution in [3.63, 3.8) is 0 Å². The van der Waals surface area contributed by atoms with Crippen molar-refractivity contribution in [2.45, 2.75) is 12.5 Å². The minimum absolute atomic E-state index is 0.141. The summed E-state index contributed by atoms with van der Waals surface area (Å²) in [4.78, 5) is 10.7. The maximum absolute atomic E-state index is 10.7. The van der Waals surface area contributed by atoms with Gasteiger partial charge in [-0.05, 0) is 11.6 Å². The van der Waals surface area contributed by atoms with Gasteiger partial charge in [0.1, 0.15) is 17.5 Å². The number of aliphatic carboxylic acids is 1. The molecule has 0 aliphatic heterocycles. The minimum atomic E-state index is -1.07. The van der Waals surface area contributed by atoms with E-state index >= 15 is 0 Å². The summed E-state index contributed by atoms with van der Waals surface area (Å²) >= 11 is 5.95. The van der Waals surface area contributed by atoms with Crippen LogP contribution in [0.3, 0.4) is 0 Å². The predicted molar refractivity (Wildman–Crippen MR) is 63.9 cm³/mol. The highest BCUT2D eigenvalue weighted by Gasteiger charge is 2.17. The molecule has 1 unspecified atom stereocenters. The second-order valence-electron chi connectivity index (χ2n) is 3.45. The topological polar surface area (TPSA) is 81.8 Å². The number of nitrogens with two attached hydrogens (primary N) is 1. The van der Waals surface area contributed by atoms with Crippen molar-refractivity contribution in [2.24, 2.45) is 5.73 Å². The Hall–Kier alpha value is -1.46. The first-order valence-corrected chi connectivity index (χ1v) is 5.26. The quantitative estimate of drug-likeness (QED) is 0.833. The smallest absolute Gasteiger partial charge is 0.320 e. The Morgan fingerprint density at radius 2 is 2.00 bits per heavy atom. The maximum Gasteiger partial charge on any atom is 0.320 e. The van der Waals surface area contributed by atoms with E-state index in [0.717, 1.165) is 0 Å². The third-order valence-electron chi connectivity index (χ3n) is 2.31. The minimum Gasteiger partial charge on any atom is -0.496 e. The fourth-order valence-corrected chi connectivity index (χ4v) is 1.67. The Morgan fingerprint density at radius 1 is 1.41 bits per heavy atom. The lowest BCUT2D eigenvalue weighted by Crippen LogP contribution is -2.32. The summed E-state index contributed by atoms with van der Waals surface area (Å²) in [5, 5.41) is 9.14. The molecule has 0 aromatic heterocycles. The van der Waals surface area contributed by atoms with E-state index in [-0.39, 0.29) is 6.42 Å². The van der Waals surface area contributed by atoms with Gasteiger partial charge in [-0.15, -0.1) is 0 Å². The van der Waals surface area contributed by atoms with E-state index in [4.69, 9.17) is 31.9 Å². The summed E-state index contributed by atoms with van der Waals surface area (Å²) in [7, 11) is 2.97. The molecule has 3 N–H and O–H groups in total. The van der Waals surface area contributed by atoms with Gasteiger partial charge in [-0.1, -0.05) is 11.6 Å². The number of rotatable bonds is 5. The van der Waals surface area contributed by atoms with Gasteiger partial charge in [-0.2, -0.15) is 0 Å². The van der Waals surface area contributed by atoms with Gasteiger partial charge >= 0.3 is 5.97 Å². The number of benzene rings is 1. The third kappa shape index (κ3) is 3.25. The van der Waals surface area contributed by atoms with Crippen LogP contribution in [-0.2, 0) is 11.2 Å². The van der Waals surface area contributed by atoms with Crippen LogP contribution in [0.15, 0.2) is 12.1 Å². The van der Waals surface area contributed by atoms with Gasteiger partial charge in [-0.25, -0.2) is 0 Å². The number of methoxy groups -OCH3 is 2. The highest BCUT2D eigenvalue weighted by molar-refractivity contribution is 6.32. The van der Waals surface area contributed by atoms with Crippen LogP contribution in [0.5, 0.6) is 11.5 Å². The van der Waals surface area contributed by atoms with Crippen LogP contribution in [0.4, 0.5) is 0 Å². The number of hydrogen-bond donors (Lipinski definition) is 2. The molecule has 1 aromatic rings. The largest absolute Gasteiger partial charge is 0.496 e. The lowest BCUT2D eigenvalue weighted by Gasteiger charge is -2.13. The Morgan fingerprint density at radius 3 is 2.47 bits per heavy atom. The van der Waals surface area contributed by atoms with E-state index < -0.39 is 12.0 Å². The highest BCUT2D eigenvalue weighted by atomic mass is 35.5. The molecule has 1 aromatic carbocycles. The second-order valence-corrected chi connectivity index (χ2v) is 3.85. The standard InChI is InChI=1S/C11H14ClNO4/c1-16-9-5-10(17-2)7(12)3-6(9)4-8(13)11(14)15/h3,5,8H,4,13H2,1-2H3,(H,14,15). The van der Waals surface area contributed by atoms with Gasteiger partial charge in [0.15, 0.2) is 0 Å². The molecule has 0 aliphatic rings. The monoisotopic (exact) mass is 259 g/mol. The predicted octanol–water partition coefficient (Wildman–Crippen LogP) is 1.31. The molecule has 0 bridgehead atoms. The average Bonchev–Trinajstić information content (AvgIpc) is 2.29. The molecule has 5 nitrogen and oxygen atoms in total. The Kier molecular flexibility index (Phi) is 4.60. The third-order valence-corrected chi connectivity index (χ3v) is 2.61. The summed E-state index contributed by atoms with van der Waals surface area (Å²) in [6, 6.07) is 2.21. The summed E-state index contributed by atoms with van der Waals surface area (Å²) in [5.74, 6) is -0.0990. The first-order chi connectivity index (χ1) is 7.99. The average molecular weight is 260 g/mol. The molecule has 0 spiro atoms. The van der Waals surface area contributed by atoms with Gasteiger partial charge in [0.05, 0.1) is 19.2 Å². The van der Waals surface area contributed by atoms with E-state index in [1.54, 1.807) is 12.1 Å². The van der Waals surface area contributed by atoms with Crippen LogP contribution in [0, 0.1) is 0 Å². The number of halogens is 1. The van der Waals surface area contributed by atoms with E-state index in [2.05, 4.69) is 0 Å². The molecule has 1 rings (SSSR count). The first kappa shape index (κ1) is 13.6. The van der Waals surface area contributed by atoms with Gasteiger partial charge in [-0.3, -0.25) is 4.79 Å². The number of carboxylic acids is 1. The Labute approximate surface area is 104 Å². The van der Waals surface area contributed by atoms with E-state index in [9.17, 15) is 4.79 Å². The summed E-state index contributed by atoms with van der Waals surface area (Å²) < 4.78 is 10.2. The highest BCUT2D eigenvalue weighted by Crippen LogP contribution is 2.32. The van der Waals surface area contributed by atoms with Crippen molar-refractivity contribution in [1.29, 1.82) is 0 Å². The second kappa shape index (κ2) is 5.75. The molecule has 1 atom stereocenters. The Balaban J connectivity index is 3.06. The van der Waals surface area contributed by atoms with Crippen LogP contribution >= 0.6 is 11.6 Å². The summed E-state index contributed by atoms with van der Waals surface area (Å²) in [6.07, 6.45) is 0.141. The lowest BCUT2D eigenvalue weighted by molar-refractivity contribution is -0.138. The summed E-state index contributed by atoms with van der Waals surface area (Å²) in [5.41, 5.74) is 6.10. The van der Waals surface area contributed by atoms with E-state index in [1.807, 2.05) is 0 Å². The van der Waals surface area contributed by atoms with Gasteiger partial charge in [0, 0.05) is 12.5 Å². The number of carbonyl (C=O) groups is 1. The van der Waals surface area contributed by atoms with Crippen molar-refractivity contribution in [3.05, 3.63) is 22.7 Å². The molecule has 6 heteroatoms. The lowest BCUT2D eigenvalue weighted by atomic mass is 10.1. The molecule has 0 fully saturated rings. The molecular formula is C11H14ClNO4.